The molecule has 1 fully saturated rings. The Hall–Kier alpha value is -3.03. The van der Waals surface area contributed by atoms with E-state index in [1.807, 2.05) is 25.1 Å². The molecule has 1 amide bonds. The number of aliphatic hydroxyl groups is 1. The van der Waals surface area contributed by atoms with Gasteiger partial charge in [0.2, 0.25) is 0 Å². The van der Waals surface area contributed by atoms with E-state index in [0.717, 1.165) is 32.4 Å². The number of amides is 1. The van der Waals surface area contributed by atoms with Gasteiger partial charge in [-0.1, -0.05) is 51.3 Å². The molecule has 1 aliphatic rings. The Bertz CT molecular complexity index is 1130. The van der Waals surface area contributed by atoms with Gasteiger partial charge >= 0.3 is 0 Å². The Morgan fingerprint density at radius 2 is 1.68 bits per heavy atom. The molecular weight excluding hydrogens is 504 g/mol. The van der Waals surface area contributed by atoms with Gasteiger partial charge < -0.3 is 24.4 Å². The molecule has 38 heavy (non-hydrogen) atoms. The van der Waals surface area contributed by atoms with Crippen LogP contribution in [0.3, 0.4) is 0 Å². The average molecular weight is 543 g/mol. The maximum absolute atomic E-state index is 13.3. The van der Waals surface area contributed by atoms with E-state index in [2.05, 4.69) is 25.7 Å². The number of ether oxygens (including phenoxy) is 2. The van der Waals surface area contributed by atoms with Crippen molar-refractivity contribution >= 4 is 29.1 Å². The van der Waals surface area contributed by atoms with E-state index < -0.39 is 17.7 Å². The Morgan fingerprint density at radius 1 is 0.974 bits per heavy atom. The zero-order chi connectivity index (χ0) is 27.7. The largest absolute Gasteiger partial charge is 0.507 e. The summed E-state index contributed by atoms with van der Waals surface area (Å²) in [6.45, 7) is 11.8. The first kappa shape index (κ1) is 29.5. The topological polar surface area (TPSA) is 79.3 Å². The molecule has 1 unspecified atom stereocenters. The van der Waals surface area contributed by atoms with E-state index >= 15 is 0 Å². The second-order valence-electron chi connectivity index (χ2n) is 9.22. The molecule has 0 radical (unpaired) electrons. The number of unbranched alkanes of at least 4 members (excludes halogenated alkanes) is 2. The first-order valence-corrected chi connectivity index (χ1v) is 13.9. The van der Waals surface area contributed by atoms with Gasteiger partial charge in [-0.2, -0.15) is 0 Å². The first-order valence-electron chi connectivity index (χ1n) is 13.5. The molecule has 1 aliphatic heterocycles. The van der Waals surface area contributed by atoms with Crippen molar-refractivity contribution in [3.63, 3.8) is 0 Å². The minimum absolute atomic E-state index is 0.0518. The van der Waals surface area contributed by atoms with Gasteiger partial charge in [-0.25, -0.2) is 0 Å². The van der Waals surface area contributed by atoms with Crippen LogP contribution in [0.5, 0.6) is 11.5 Å². The summed E-state index contributed by atoms with van der Waals surface area (Å²) >= 11 is 6.03. The molecule has 1 heterocycles. The van der Waals surface area contributed by atoms with Gasteiger partial charge in [-0.3, -0.25) is 9.59 Å². The van der Waals surface area contributed by atoms with Gasteiger partial charge in [0.15, 0.2) is 11.5 Å². The number of carbonyl (C=O) groups excluding carboxylic acids is 2. The molecule has 2 aromatic carbocycles. The maximum atomic E-state index is 13.3. The summed E-state index contributed by atoms with van der Waals surface area (Å²) in [6, 6.07) is 11.3. The van der Waals surface area contributed by atoms with E-state index in [-0.39, 0.29) is 11.3 Å². The number of nitrogens with zero attached hydrogens (tertiary/aromatic N) is 2. The number of likely N-dealkylation sites (tertiary alicyclic amines) is 1. The molecule has 8 heteroatoms. The van der Waals surface area contributed by atoms with Crippen molar-refractivity contribution in [2.75, 3.05) is 39.4 Å². The van der Waals surface area contributed by atoms with E-state index in [1.54, 1.807) is 29.2 Å². The van der Waals surface area contributed by atoms with Gasteiger partial charge in [0.05, 0.1) is 24.8 Å². The molecule has 1 N–H and O–H groups in total. The van der Waals surface area contributed by atoms with Gasteiger partial charge in [0, 0.05) is 23.7 Å². The highest BCUT2D eigenvalue weighted by molar-refractivity contribution is 6.46. The number of halogens is 1. The highest BCUT2D eigenvalue weighted by atomic mass is 35.5. The molecule has 0 saturated carbocycles. The van der Waals surface area contributed by atoms with Gasteiger partial charge in [0.25, 0.3) is 11.7 Å². The van der Waals surface area contributed by atoms with Crippen LogP contribution in [0.25, 0.3) is 5.76 Å². The van der Waals surface area contributed by atoms with Crippen molar-refractivity contribution in [1.82, 2.24) is 9.80 Å². The number of hydrogen-bond acceptors (Lipinski definition) is 6. The number of ketones is 1. The summed E-state index contributed by atoms with van der Waals surface area (Å²) in [5.41, 5.74) is 1.14. The Kier molecular flexibility index (Phi) is 11.0. The molecule has 1 atom stereocenters. The van der Waals surface area contributed by atoms with Crippen LogP contribution >= 0.6 is 11.6 Å². The predicted molar refractivity (Wildman–Crippen MR) is 151 cm³/mol. The van der Waals surface area contributed by atoms with Crippen molar-refractivity contribution in [1.29, 1.82) is 0 Å². The normalized spacial score (nSPS) is 16.9. The molecule has 3 rings (SSSR count). The molecular formula is C30H39ClN2O5. The summed E-state index contributed by atoms with van der Waals surface area (Å²) in [4.78, 5) is 30.4. The number of benzene rings is 2. The van der Waals surface area contributed by atoms with Crippen molar-refractivity contribution in [2.45, 2.75) is 53.0 Å². The predicted octanol–water partition coefficient (Wildman–Crippen LogP) is 6.07. The van der Waals surface area contributed by atoms with Crippen LogP contribution in [0.15, 0.2) is 48.0 Å². The van der Waals surface area contributed by atoms with Crippen LogP contribution in [-0.4, -0.2) is 66.0 Å². The monoisotopic (exact) mass is 542 g/mol. The lowest BCUT2D eigenvalue weighted by Gasteiger charge is -2.28. The molecule has 0 aliphatic carbocycles. The second kappa shape index (κ2) is 14.2. The van der Waals surface area contributed by atoms with Crippen LogP contribution in [0.2, 0.25) is 5.02 Å². The first-order chi connectivity index (χ1) is 18.4. The van der Waals surface area contributed by atoms with E-state index in [4.69, 9.17) is 21.1 Å². The maximum Gasteiger partial charge on any atom is 0.295 e. The van der Waals surface area contributed by atoms with Crippen LogP contribution in [0, 0.1) is 0 Å². The number of hydrogen-bond donors (Lipinski definition) is 1. The number of rotatable bonds is 14. The third-order valence-electron chi connectivity index (χ3n) is 6.80. The fourth-order valence-electron chi connectivity index (χ4n) is 4.63. The van der Waals surface area contributed by atoms with Crippen molar-refractivity contribution in [3.8, 4) is 11.5 Å². The minimum atomic E-state index is -0.769. The minimum Gasteiger partial charge on any atom is -0.507 e. The zero-order valence-corrected chi connectivity index (χ0v) is 23.6. The third-order valence-corrected chi connectivity index (χ3v) is 7.05. The molecule has 0 aromatic heterocycles. The van der Waals surface area contributed by atoms with Crippen LogP contribution in [-0.2, 0) is 9.59 Å². The van der Waals surface area contributed by atoms with Crippen LogP contribution in [0.4, 0.5) is 0 Å². The lowest BCUT2D eigenvalue weighted by molar-refractivity contribution is -0.140. The molecule has 0 bridgehead atoms. The number of likely N-dealkylation sites (N-methyl/N-ethyl adjacent to an activating group) is 1. The Balaban J connectivity index is 2.08. The molecule has 1 saturated heterocycles. The molecule has 7 nitrogen and oxygen atoms in total. The van der Waals surface area contributed by atoms with Crippen molar-refractivity contribution < 1.29 is 24.2 Å². The van der Waals surface area contributed by atoms with Crippen LogP contribution < -0.4 is 9.47 Å². The molecule has 2 aromatic rings. The third kappa shape index (κ3) is 6.88. The quantitative estimate of drug-likeness (QED) is 0.135. The van der Waals surface area contributed by atoms with Gasteiger partial charge in [0.1, 0.15) is 5.76 Å². The van der Waals surface area contributed by atoms with E-state index in [0.29, 0.717) is 54.0 Å². The van der Waals surface area contributed by atoms with E-state index in [9.17, 15) is 14.7 Å². The summed E-state index contributed by atoms with van der Waals surface area (Å²) < 4.78 is 11.9. The second-order valence-corrected chi connectivity index (χ2v) is 9.66. The Labute approximate surface area is 231 Å². The summed E-state index contributed by atoms with van der Waals surface area (Å²) in [6.07, 6.45) is 3.12. The number of Topliss-reactive ketones (excluding diaryl/α,β-unsaturated/α-hetero) is 1. The number of carbonyl (C=O) groups is 2. The average Bonchev–Trinajstić information content (AvgIpc) is 3.17. The van der Waals surface area contributed by atoms with Crippen molar-refractivity contribution in [3.05, 3.63) is 64.2 Å². The zero-order valence-electron chi connectivity index (χ0n) is 22.8. The standard InChI is InChI=1S/C30H39ClN2O5/c1-5-9-10-19-38-24-16-13-22(20-25(24)37-8-4)27-26(28(34)21-11-14-23(31)15-12-21)29(35)30(36)33(27)18-17-32(6-2)7-3/h11-16,20,27,34H,5-10,17-19H2,1-4H3/b28-26+. The molecule has 0 spiro atoms. The summed E-state index contributed by atoms with van der Waals surface area (Å²) in [7, 11) is 0. The van der Waals surface area contributed by atoms with Crippen LogP contribution in [0.1, 0.15) is 64.1 Å². The van der Waals surface area contributed by atoms with Crippen molar-refractivity contribution in [2.24, 2.45) is 0 Å². The SMILES string of the molecule is CCCCCOc1ccc(C2/C(=C(\O)c3ccc(Cl)cc3)C(=O)C(=O)N2CCN(CC)CC)cc1OCC. The highest BCUT2D eigenvalue weighted by Crippen LogP contribution is 2.42. The summed E-state index contributed by atoms with van der Waals surface area (Å²) in [5, 5.41) is 11.8. The van der Waals surface area contributed by atoms with E-state index in [1.165, 1.54) is 0 Å². The lowest BCUT2D eigenvalue weighted by atomic mass is 9.95. The summed E-state index contributed by atoms with van der Waals surface area (Å²) in [5.74, 6) is -0.407. The number of aliphatic hydroxyl groups excluding tert-OH is 1. The fraction of sp³-hybridized carbons (Fsp3) is 0.467. The lowest BCUT2D eigenvalue weighted by Crippen LogP contribution is -2.38. The fourth-order valence-corrected chi connectivity index (χ4v) is 4.75. The van der Waals surface area contributed by atoms with Gasteiger partial charge in [-0.15, -0.1) is 0 Å². The highest BCUT2D eigenvalue weighted by Gasteiger charge is 2.46. The Morgan fingerprint density at radius 3 is 2.32 bits per heavy atom. The molecule has 206 valence electrons. The smallest absolute Gasteiger partial charge is 0.295 e. The van der Waals surface area contributed by atoms with Gasteiger partial charge in [-0.05, 0) is 68.4 Å².